The van der Waals surface area contributed by atoms with Crippen LogP contribution in [0.5, 0.6) is 0 Å². The zero-order valence-electron chi connectivity index (χ0n) is 14.7. The molecule has 2 aromatic carbocycles. The zero-order chi connectivity index (χ0) is 21.0. The summed E-state index contributed by atoms with van der Waals surface area (Å²) in [7, 11) is 0. The van der Waals surface area contributed by atoms with Gasteiger partial charge in [0.15, 0.2) is 0 Å². The van der Waals surface area contributed by atoms with Gasteiger partial charge in [-0.3, -0.25) is 9.59 Å². The standard InChI is InChI=1S/C20H14N2O6S/c23-15(11-7-3-1-4-8-11)21-17-13(19(25)26)14(20(27)28)18(29-17)22-16(24)12-9-5-2-6-10-12/h1-10H,(H,21,23)(H,22,24)(H,25,26)(H,27,28). The number of thiophene rings is 1. The molecule has 2 amide bonds. The van der Waals surface area contributed by atoms with Crippen LogP contribution >= 0.6 is 11.3 Å². The highest BCUT2D eigenvalue weighted by Gasteiger charge is 2.30. The van der Waals surface area contributed by atoms with Crippen molar-refractivity contribution in [1.82, 2.24) is 0 Å². The molecule has 0 aliphatic rings. The topological polar surface area (TPSA) is 133 Å². The number of carboxylic acid groups (broad SMARTS) is 2. The van der Waals surface area contributed by atoms with Crippen LogP contribution in [0.15, 0.2) is 60.7 Å². The van der Waals surface area contributed by atoms with Gasteiger partial charge in [0, 0.05) is 11.1 Å². The molecule has 8 nitrogen and oxygen atoms in total. The van der Waals surface area contributed by atoms with E-state index in [4.69, 9.17) is 0 Å². The lowest BCUT2D eigenvalue weighted by molar-refractivity contribution is 0.0654. The first-order valence-electron chi connectivity index (χ1n) is 8.24. The number of rotatable bonds is 6. The van der Waals surface area contributed by atoms with Crippen LogP contribution in [0.3, 0.4) is 0 Å². The molecule has 1 aromatic heterocycles. The second-order valence-corrected chi connectivity index (χ2v) is 6.78. The van der Waals surface area contributed by atoms with Crippen molar-refractivity contribution in [2.24, 2.45) is 0 Å². The molecular weight excluding hydrogens is 396 g/mol. The van der Waals surface area contributed by atoms with E-state index >= 15 is 0 Å². The van der Waals surface area contributed by atoms with Gasteiger partial charge in [-0.25, -0.2) is 9.59 Å². The summed E-state index contributed by atoms with van der Waals surface area (Å²) in [4.78, 5) is 48.2. The first-order chi connectivity index (χ1) is 13.9. The predicted octanol–water partition coefficient (Wildman–Crippen LogP) is 3.65. The lowest BCUT2D eigenvalue weighted by Gasteiger charge is -2.04. The van der Waals surface area contributed by atoms with E-state index < -0.39 is 34.9 Å². The van der Waals surface area contributed by atoms with Crippen LogP contribution in [-0.4, -0.2) is 34.0 Å². The van der Waals surface area contributed by atoms with Crippen LogP contribution < -0.4 is 10.6 Å². The minimum atomic E-state index is -1.54. The molecule has 3 rings (SSSR count). The van der Waals surface area contributed by atoms with Crippen molar-refractivity contribution < 1.29 is 29.4 Å². The molecule has 0 saturated carbocycles. The maximum absolute atomic E-state index is 12.4. The molecule has 0 bridgehead atoms. The molecule has 0 aliphatic heterocycles. The highest BCUT2D eigenvalue weighted by Crippen LogP contribution is 2.38. The predicted molar refractivity (Wildman–Crippen MR) is 107 cm³/mol. The summed E-state index contributed by atoms with van der Waals surface area (Å²) in [5.74, 6) is -4.29. The molecular formula is C20H14N2O6S. The van der Waals surface area contributed by atoms with Gasteiger partial charge in [-0.05, 0) is 24.3 Å². The number of aromatic carboxylic acids is 2. The van der Waals surface area contributed by atoms with Crippen molar-refractivity contribution in [3.05, 3.63) is 82.9 Å². The fourth-order valence-electron chi connectivity index (χ4n) is 2.54. The Morgan fingerprint density at radius 1 is 0.621 bits per heavy atom. The summed E-state index contributed by atoms with van der Waals surface area (Å²) in [5.41, 5.74) is -0.668. The molecule has 0 radical (unpaired) electrons. The van der Waals surface area contributed by atoms with Crippen molar-refractivity contribution >= 4 is 45.1 Å². The molecule has 0 fully saturated rings. The van der Waals surface area contributed by atoms with E-state index in [1.54, 1.807) is 36.4 Å². The van der Waals surface area contributed by atoms with E-state index in [1.165, 1.54) is 24.3 Å². The Balaban J connectivity index is 2.00. The van der Waals surface area contributed by atoms with E-state index in [0.29, 0.717) is 11.3 Å². The first kappa shape index (κ1) is 19.8. The fourth-order valence-corrected chi connectivity index (χ4v) is 3.62. The van der Waals surface area contributed by atoms with Gasteiger partial charge >= 0.3 is 11.9 Å². The first-order valence-corrected chi connectivity index (χ1v) is 9.06. The largest absolute Gasteiger partial charge is 0.478 e. The number of carbonyl (C=O) groups is 4. The monoisotopic (exact) mass is 410 g/mol. The maximum atomic E-state index is 12.4. The number of carboxylic acids is 2. The quantitative estimate of drug-likeness (QED) is 0.490. The molecule has 9 heteroatoms. The summed E-state index contributed by atoms with van der Waals surface area (Å²) in [6.07, 6.45) is 0. The Labute approximate surface area is 168 Å². The van der Waals surface area contributed by atoms with E-state index in [-0.39, 0.29) is 21.1 Å². The van der Waals surface area contributed by atoms with Crippen LogP contribution in [0, 0.1) is 0 Å². The van der Waals surface area contributed by atoms with Crippen molar-refractivity contribution in [3.63, 3.8) is 0 Å². The van der Waals surface area contributed by atoms with Crippen LogP contribution in [0.4, 0.5) is 10.0 Å². The lowest BCUT2D eigenvalue weighted by atomic mass is 10.1. The number of anilines is 2. The van der Waals surface area contributed by atoms with Crippen LogP contribution in [0.2, 0.25) is 0 Å². The molecule has 0 aliphatic carbocycles. The Morgan fingerprint density at radius 2 is 0.966 bits per heavy atom. The van der Waals surface area contributed by atoms with Gasteiger partial charge in [-0.1, -0.05) is 47.7 Å². The van der Waals surface area contributed by atoms with Crippen molar-refractivity contribution in [2.75, 3.05) is 10.6 Å². The smallest absolute Gasteiger partial charge is 0.339 e. The number of nitrogens with one attached hydrogen (secondary N) is 2. The van der Waals surface area contributed by atoms with Crippen molar-refractivity contribution in [3.8, 4) is 0 Å². The summed E-state index contributed by atoms with van der Waals surface area (Å²) in [6.45, 7) is 0. The Morgan fingerprint density at radius 3 is 1.28 bits per heavy atom. The zero-order valence-corrected chi connectivity index (χ0v) is 15.5. The average molecular weight is 410 g/mol. The normalized spacial score (nSPS) is 10.2. The number of amides is 2. The molecule has 0 saturated heterocycles. The van der Waals surface area contributed by atoms with Crippen molar-refractivity contribution in [1.29, 1.82) is 0 Å². The highest BCUT2D eigenvalue weighted by molar-refractivity contribution is 7.21. The van der Waals surface area contributed by atoms with Crippen molar-refractivity contribution in [2.45, 2.75) is 0 Å². The maximum Gasteiger partial charge on any atom is 0.339 e. The molecule has 146 valence electrons. The molecule has 1 heterocycles. The number of hydrogen-bond donors (Lipinski definition) is 4. The second kappa shape index (κ2) is 8.36. The molecule has 4 N–H and O–H groups in total. The van der Waals surface area contributed by atoms with E-state index in [1.807, 2.05) is 0 Å². The Hall–Kier alpha value is -3.98. The van der Waals surface area contributed by atoms with Gasteiger partial charge in [0.2, 0.25) is 0 Å². The third kappa shape index (κ3) is 4.30. The summed E-state index contributed by atoms with van der Waals surface area (Å²) < 4.78 is 0. The number of hydrogen-bond acceptors (Lipinski definition) is 5. The minimum Gasteiger partial charge on any atom is -0.478 e. The van der Waals surface area contributed by atoms with Crippen LogP contribution in [0.1, 0.15) is 41.4 Å². The van der Waals surface area contributed by atoms with Crippen LogP contribution in [-0.2, 0) is 0 Å². The van der Waals surface area contributed by atoms with E-state index in [2.05, 4.69) is 10.6 Å². The van der Waals surface area contributed by atoms with Gasteiger partial charge < -0.3 is 20.8 Å². The number of carbonyl (C=O) groups excluding carboxylic acids is 2. The molecule has 29 heavy (non-hydrogen) atoms. The van der Waals surface area contributed by atoms with Gasteiger partial charge in [0.05, 0.1) is 0 Å². The van der Waals surface area contributed by atoms with Gasteiger partial charge in [-0.2, -0.15) is 0 Å². The van der Waals surface area contributed by atoms with Gasteiger partial charge in [-0.15, -0.1) is 0 Å². The third-order valence-electron chi connectivity index (χ3n) is 3.86. The SMILES string of the molecule is O=C(Nc1sc(NC(=O)c2ccccc2)c(C(=O)O)c1C(=O)O)c1ccccc1. The molecule has 0 unspecified atom stereocenters. The number of benzene rings is 2. The summed E-state index contributed by atoms with van der Waals surface area (Å²) in [5, 5.41) is 23.5. The average Bonchev–Trinajstić information content (AvgIpc) is 3.07. The van der Waals surface area contributed by atoms with Gasteiger partial charge in [0.25, 0.3) is 11.8 Å². The third-order valence-corrected chi connectivity index (χ3v) is 4.88. The second-order valence-electron chi connectivity index (χ2n) is 5.76. The fraction of sp³-hybridized carbons (Fsp3) is 0. The summed E-state index contributed by atoms with van der Waals surface area (Å²) in [6, 6.07) is 16.1. The molecule has 0 spiro atoms. The molecule has 3 aromatic rings. The highest BCUT2D eigenvalue weighted by atomic mass is 32.1. The van der Waals surface area contributed by atoms with Crippen LogP contribution in [0.25, 0.3) is 0 Å². The minimum absolute atomic E-state index is 0.188. The summed E-state index contributed by atoms with van der Waals surface area (Å²) >= 11 is 0.663. The Bertz CT molecular complexity index is 1010. The lowest BCUT2D eigenvalue weighted by Crippen LogP contribution is -2.16. The van der Waals surface area contributed by atoms with E-state index in [0.717, 1.165) is 0 Å². The Kier molecular flexibility index (Phi) is 5.70. The van der Waals surface area contributed by atoms with E-state index in [9.17, 15) is 29.4 Å². The molecule has 0 atom stereocenters. The van der Waals surface area contributed by atoms with Gasteiger partial charge in [0.1, 0.15) is 21.1 Å².